The SMILES string of the molecule is Cn1[nH]c(=O)c(C(=O)O)c1COc1cccc(C(C)(C)C)c1. The van der Waals surface area contributed by atoms with Gasteiger partial charge in [0, 0.05) is 7.05 Å². The lowest BCUT2D eigenvalue weighted by molar-refractivity contribution is 0.0692. The molecule has 0 fully saturated rings. The Morgan fingerprint density at radius 3 is 2.64 bits per heavy atom. The number of H-pyrrole nitrogens is 1. The molecule has 118 valence electrons. The molecule has 2 N–H and O–H groups in total. The first-order chi connectivity index (χ1) is 10.2. The van der Waals surface area contributed by atoms with E-state index in [1.807, 2.05) is 18.2 Å². The Bertz CT molecular complexity index is 750. The first-order valence-corrected chi connectivity index (χ1v) is 6.94. The highest BCUT2D eigenvalue weighted by atomic mass is 16.5. The molecule has 0 aliphatic heterocycles. The summed E-state index contributed by atoms with van der Waals surface area (Å²) in [5.74, 6) is -0.624. The molecule has 0 saturated heterocycles. The van der Waals surface area contributed by atoms with Crippen molar-refractivity contribution in [3.8, 4) is 5.75 Å². The zero-order valence-corrected chi connectivity index (χ0v) is 13.1. The number of rotatable bonds is 4. The van der Waals surface area contributed by atoms with Crippen molar-refractivity contribution in [3.05, 3.63) is 51.4 Å². The smallest absolute Gasteiger partial charge is 0.343 e. The molecule has 1 heterocycles. The van der Waals surface area contributed by atoms with Crippen molar-refractivity contribution in [2.75, 3.05) is 0 Å². The van der Waals surface area contributed by atoms with Crippen molar-refractivity contribution in [1.29, 1.82) is 0 Å². The Morgan fingerprint density at radius 1 is 1.36 bits per heavy atom. The fraction of sp³-hybridized carbons (Fsp3) is 0.375. The van der Waals surface area contributed by atoms with Crippen LogP contribution in [0.2, 0.25) is 0 Å². The van der Waals surface area contributed by atoms with Gasteiger partial charge in [0.05, 0.1) is 5.69 Å². The quantitative estimate of drug-likeness (QED) is 0.907. The van der Waals surface area contributed by atoms with Crippen molar-refractivity contribution >= 4 is 5.97 Å². The van der Waals surface area contributed by atoms with Crippen molar-refractivity contribution in [3.63, 3.8) is 0 Å². The van der Waals surface area contributed by atoms with E-state index in [0.29, 0.717) is 11.4 Å². The molecule has 2 aromatic rings. The summed E-state index contributed by atoms with van der Waals surface area (Å²) in [6, 6.07) is 7.64. The summed E-state index contributed by atoms with van der Waals surface area (Å²) in [5.41, 5.74) is 0.503. The van der Waals surface area contributed by atoms with E-state index in [1.54, 1.807) is 13.1 Å². The summed E-state index contributed by atoms with van der Waals surface area (Å²) in [4.78, 5) is 22.8. The number of aromatic carboxylic acids is 1. The second kappa shape index (κ2) is 5.71. The van der Waals surface area contributed by atoms with Gasteiger partial charge in [-0.15, -0.1) is 0 Å². The third-order valence-corrected chi connectivity index (χ3v) is 3.48. The number of benzene rings is 1. The van der Waals surface area contributed by atoms with E-state index in [-0.39, 0.29) is 17.6 Å². The van der Waals surface area contributed by atoms with Crippen molar-refractivity contribution in [1.82, 2.24) is 9.78 Å². The summed E-state index contributed by atoms with van der Waals surface area (Å²) in [7, 11) is 1.58. The summed E-state index contributed by atoms with van der Waals surface area (Å²) >= 11 is 0. The van der Waals surface area contributed by atoms with E-state index >= 15 is 0 Å². The van der Waals surface area contributed by atoms with Crippen LogP contribution in [0.5, 0.6) is 5.75 Å². The van der Waals surface area contributed by atoms with Crippen LogP contribution in [0.3, 0.4) is 0 Å². The molecule has 0 unspecified atom stereocenters. The molecular weight excluding hydrogens is 284 g/mol. The van der Waals surface area contributed by atoms with E-state index in [9.17, 15) is 9.59 Å². The zero-order valence-electron chi connectivity index (χ0n) is 13.1. The number of carboxylic acid groups (broad SMARTS) is 1. The number of aryl methyl sites for hydroxylation is 1. The Balaban J connectivity index is 2.25. The van der Waals surface area contributed by atoms with Crippen LogP contribution in [-0.4, -0.2) is 20.9 Å². The lowest BCUT2D eigenvalue weighted by atomic mass is 9.87. The number of carbonyl (C=O) groups is 1. The summed E-state index contributed by atoms with van der Waals surface area (Å²) in [6.07, 6.45) is 0. The lowest BCUT2D eigenvalue weighted by Gasteiger charge is -2.19. The van der Waals surface area contributed by atoms with E-state index < -0.39 is 11.5 Å². The molecule has 0 amide bonds. The molecule has 0 aliphatic rings. The highest BCUT2D eigenvalue weighted by Crippen LogP contribution is 2.26. The minimum Gasteiger partial charge on any atom is -0.487 e. The highest BCUT2D eigenvalue weighted by Gasteiger charge is 2.20. The van der Waals surface area contributed by atoms with Crippen LogP contribution in [-0.2, 0) is 19.1 Å². The van der Waals surface area contributed by atoms with Gasteiger partial charge in [-0.05, 0) is 23.1 Å². The maximum absolute atomic E-state index is 11.6. The maximum Gasteiger partial charge on any atom is 0.343 e. The molecular formula is C16H20N2O4. The van der Waals surface area contributed by atoms with Crippen LogP contribution in [0, 0.1) is 0 Å². The minimum absolute atomic E-state index is 0.00443. The molecule has 0 saturated carbocycles. The number of carboxylic acids is 1. The molecule has 22 heavy (non-hydrogen) atoms. The zero-order chi connectivity index (χ0) is 16.5. The largest absolute Gasteiger partial charge is 0.487 e. The number of aromatic amines is 1. The molecule has 1 aromatic carbocycles. The van der Waals surface area contributed by atoms with Crippen molar-refractivity contribution in [2.45, 2.75) is 32.8 Å². The van der Waals surface area contributed by atoms with Crippen LogP contribution < -0.4 is 10.3 Å². The van der Waals surface area contributed by atoms with Crippen LogP contribution in [0.1, 0.15) is 42.4 Å². The lowest BCUT2D eigenvalue weighted by Crippen LogP contribution is -2.14. The fourth-order valence-corrected chi connectivity index (χ4v) is 2.17. The third-order valence-electron chi connectivity index (χ3n) is 3.48. The summed E-state index contributed by atoms with van der Waals surface area (Å²) < 4.78 is 7.04. The van der Waals surface area contributed by atoms with Gasteiger partial charge in [0.1, 0.15) is 12.4 Å². The number of nitrogens with one attached hydrogen (secondary N) is 1. The van der Waals surface area contributed by atoms with E-state index in [0.717, 1.165) is 5.56 Å². The number of nitrogens with zero attached hydrogens (tertiary/aromatic N) is 1. The molecule has 2 rings (SSSR count). The highest BCUT2D eigenvalue weighted by molar-refractivity contribution is 5.88. The second-order valence-electron chi connectivity index (χ2n) is 6.19. The fourth-order valence-electron chi connectivity index (χ4n) is 2.17. The predicted octanol–water partition coefficient (Wildman–Crippen LogP) is 2.29. The Kier molecular flexibility index (Phi) is 4.12. The van der Waals surface area contributed by atoms with E-state index in [2.05, 4.69) is 25.9 Å². The van der Waals surface area contributed by atoms with Crippen LogP contribution in [0.15, 0.2) is 29.1 Å². The average Bonchev–Trinajstić information content (AvgIpc) is 2.70. The van der Waals surface area contributed by atoms with Gasteiger partial charge >= 0.3 is 5.97 Å². The number of aromatic nitrogens is 2. The molecule has 0 radical (unpaired) electrons. The van der Waals surface area contributed by atoms with Crippen molar-refractivity contribution < 1.29 is 14.6 Å². The number of ether oxygens (including phenoxy) is 1. The molecule has 1 aromatic heterocycles. The molecule has 0 atom stereocenters. The van der Waals surface area contributed by atoms with Gasteiger partial charge < -0.3 is 9.84 Å². The Hall–Kier alpha value is -2.50. The second-order valence-corrected chi connectivity index (χ2v) is 6.19. The van der Waals surface area contributed by atoms with Crippen LogP contribution >= 0.6 is 0 Å². The average molecular weight is 304 g/mol. The van der Waals surface area contributed by atoms with Gasteiger partial charge in [-0.2, -0.15) is 0 Å². The first kappa shape index (κ1) is 15.9. The summed E-state index contributed by atoms with van der Waals surface area (Å²) in [6.45, 7) is 6.31. The first-order valence-electron chi connectivity index (χ1n) is 6.94. The Labute approximate surface area is 128 Å². The predicted molar refractivity (Wildman–Crippen MR) is 82.5 cm³/mol. The van der Waals surface area contributed by atoms with Gasteiger partial charge in [0.15, 0.2) is 5.56 Å². The van der Waals surface area contributed by atoms with Gasteiger partial charge in [-0.25, -0.2) is 4.79 Å². The Morgan fingerprint density at radius 2 is 2.05 bits per heavy atom. The van der Waals surface area contributed by atoms with Crippen LogP contribution in [0.25, 0.3) is 0 Å². The maximum atomic E-state index is 11.6. The monoisotopic (exact) mass is 304 g/mol. The minimum atomic E-state index is -1.26. The standard InChI is InChI=1S/C16H20N2O4/c1-16(2,3)10-6-5-7-11(8-10)22-9-12-13(15(20)21)14(19)17-18(12)4/h5-8H,9H2,1-4H3,(H,17,19)(H,20,21). The molecule has 0 aliphatic carbocycles. The molecule has 0 spiro atoms. The van der Waals surface area contributed by atoms with E-state index in [4.69, 9.17) is 9.84 Å². The molecule has 6 nitrogen and oxygen atoms in total. The summed E-state index contributed by atoms with van der Waals surface area (Å²) in [5, 5.41) is 11.5. The number of hydrogen-bond acceptors (Lipinski definition) is 3. The molecule has 0 bridgehead atoms. The molecule has 6 heteroatoms. The van der Waals surface area contributed by atoms with Gasteiger partial charge in [-0.3, -0.25) is 14.6 Å². The van der Waals surface area contributed by atoms with E-state index in [1.165, 1.54) is 4.68 Å². The van der Waals surface area contributed by atoms with Gasteiger partial charge in [-0.1, -0.05) is 32.9 Å². The third kappa shape index (κ3) is 3.21. The number of hydrogen-bond donors (Lipinski definition) is 2. The van der Waals surface area contributed by atoms with Gasteiger partial charge in [0.25, 0.3) is 5.56 Å². The van der Waals surface area contributed by atoms with Gasteiger partial charge in [0.2, 0.25) is 0 Å². The topological polar surface area (TPSA) is 84.3 Å². The normalized spacial score (nSPS) is 11.5. The van der Waals surface area contributed by atoms with Crippen LogP contribution in [0.4, 0.5) is 0 Å². The van der Waals surface area contributed by atoms with Crippen molar-refractivity contribution in [2.24, 2.45) is 7.05 Å².